The van der Waals surface area contributed by atoms with E-state index in [4.69, 9.17) is 9.47 Å². The van der Waals surface area contributed by atoms with Crippen LogP contribution in [0.4, 0.5) is 0 Å². The maximum Gasteiger partial charge on any atom is 0.329 e. The maximum absolute atomic E-state index is 12.5. The monoisotopic (exact) mass is 383 g/mol. The summed E-state index contributed by atoms with van der Waals surface area (Å²) < 4.78 is 11.1. The quantitative estimate of drug-likeness (QED) is 0.264. The molecule has 27 heavy (non-hydrogen) atoms. The molecule has 0 aliphatic carbocycles. The van der Waals surface area contributed by atoms with Gasteiger partial charge < -0.3 is 14.8 Å². The van der Waals surface area contributed by atoms with Gasteiger partial charge in [0.15, 0.2) is 0 Å². The summed E-state index contributed by atoms with van der Waals surface area (Å²) in [6, 6.07) is -0.652. The summed E-state index contributed by atoms with van der Waals surface area (Å²) in [4.78, 5) is 35.1. The molecule has 156 valence electrons. The van der Waals surface area contributed by atoms with E-state index in [1.807, 2.05) is 13.8 Å². The van der Waals surface area contributed by atoms with Gasteiger partial charge >= 0.3 is 11.9 Å². The van der Waals surface area contributed by atoms with E-state index in [-0.39, 0.29) is 30.0 Å². The fourth-order valence-corrected chi connectivity index (χ4v) is 3.46. The van der Waals surface area contributed by atoms with Crippen molar-refractivity contribution in [1.82, 2.24) is 5.32 Å². The molecular weight excluding hydrogens is 346 g/mol. The summed E-state index contributed by atoms with van der Waals surface area (Å²) in [5.74, 6) is -0.663. The average Bonchev–Trinajstić information content (AvgIpc) is 2.62. The summed E-state index contributed by atoms with van der Waals surface area (Å²) in [7, 11) is 0. The van der Waals surface area contributed by atoms with Crippen molar-refractivity contribution in [3.63, 3.8) is 0 Å². The number of esters is 2. The summed E-state index contributed by atoms with van der Waals surface area (Å²) in [5, 5.41) is 2.54. The zero-order valence-electron chi connectivity index (χ0n) is 17.4. The van der Waals surface area contributed by atoms with Crippen LogP contribution in [0.1, 0.15) is 85.5 Å². The first-order valence-electron chi connectivity index (χ1n) is 10.5. The van der Waals surface area contributed by atoms with Crippen LogP contribution < -0.4 is 5.32 Å². The van der Waals surface area contributed by atoms with E-state index >= 15 is 0 Å². The minimum atomic E-state index is -0.652. The molecule has 0 bridgehead atoms. The molecule has 1 saturated heterocycles. The minimum absolute atomic E-state index is 0.0534. The lowest BCUT2D eigenvalue weighted by molar-refractivity contribution is -0.190. The van der Waals surface area contributed by atoms with Gasteiger partial charge in [-0.1, -0.05) is 66.2 Å². The van der Waals surface area contributed by atoms with Crippen molar-refractivity contribution in [3.8, 4) is 0 Å². The van der Waals surface area contributed by atoms with Crippen LogP contribution in [0.25, 0.3) is 0 Å². The second-order valence-corrected chi connectivity index (χ2v) is 7.87. The zero-order chi connectivity index (χ0) is 20.2. The van der Waals surface area contributed by atoms with Crippen LogP contribution in [-0.2, 0) is 23.9 Å². The Balaban J connectivity index is 2.61. The minimum Gasteiger partial charge on any atom is -0.461 e. The topological polar surface area (TPSA) is 81.7 Å². The second kappa shape index (κ2) is 12.7. The van der Waals surface area contributed by atoms with Gasteiger partial charge in [0.1, 0.15) is 18.2 Å². The highest BCUT2D eigenvalue weighted by molar-refractivity contribution is 5.79. The summed E-state index contributed by atoms with van der Waals surface area (Å²) >= 11 is 0. The highest BCUT2D eigenvalue weighted by atomic mass is 16.6. The standard InChI is InChI=1S/C21H37NO5/c1-5-7-9-10-12-17-18(27-20(17)24)13-16(11-8-6-2)26-21(25)19(15(3)4)22-14-23/h14-19H,5-13H2,1-4H3,(H,22,23)/t16-,17-,18-,19?/m0/s1. The van der Waals surface area contributed by atoms with E-state index in [1.54, 1.807) is 0 Å². The molecule has 6 heteroatoms. The molecule has 1 N–H and O–H groups in total. The highest BCUT2D eigenvalue weighted by Crippen LogP contribution is 2.32. The number of amides is 1. The van der Waals surface area contributed by atoms with Crippen molar-refractivity contribution in [1.29, 1.82) is 0 Å². The van der Waals surface area contributed by atoms with Crippen LogP contribution in [0.15, 0.2) is 0 Å². The number of nitrogens with one attached hydrogen (secondary N) is 1. The molecule has 1 rings (SSSR count). The molecule has 1 unspecified atom stereocenters. The Morgan fingerprint density at radius 2 is 1.89 bits per heavy atom. The SMILES string of the molecule is CCCCCC[C@@H]1C(=O)O[C@H]1C[C@H](CCCC)OC(=O)C(NC=O)C(C)C. The normalized spacial score (nSPS) is 21.1. The average molecular weight is 384 g/mol. The van der Waals surface area contributed by atoms with Crippen LogP contribution in [-0.4, -0.2) is 36.6 Å². The van der Waals surface area contributed by atoms with Gasteiger partial charge in [-0.25, -0.2) is 4.79 Å². The number of unbranched alkanes of at least 4 members (excludes halogenated alkanes) is 4. The van der Waals surface area contributed by atoms with Gasteiger partial charge in [0.2, 0.25) is 6.41 Å². The third-order valence-electron chi connectivity index (χ3n) is 5.21. The van der Waals surface area contributed by atoms with Crippen molar-refractivity contribution in [2.45, 2.75) is 104 Å². The van der Waals surface area contributed by atoms with E-state index in [2.05, 4.69) is 19.2 Å². The fraction of sp³-hybridized carbons (Fsp3) is 0.857. The number of rotatable bonds is 15. The molecule has 0 spiro atoms. The molecule has 1 aliphatic heterocycles. The van der Waals surface area contributed by atoms with E-state index in [0.717, 1.165) is 38.5 Å². The third-order valence-corrected chi connectivity index (χ3v) is 5.21. The Morgan fingerprint density at radius 3 is 2.44 bits per heavy atom. The zero-order valence-corrected chi connectivity index (χ0v) is 17.4. The Kier molecular flexibility index (Phi) is 11.1. The third kappa shape index (κ3) is 7.89. The molecule has 1 amide bonds. The summed E-state index contributed by atoms with van der Waals surface area (Å²) in [6.07, 6.45) is 8.67. The Labute approximate surface area is 163 Å². The first-order valence-corrected chi connectivity index (χ1v) is 10.5. The number of cyclic esters (lactones) is 1. The van der Waals surface area contributed by atoms with Crippen LogP contribution in [0.2, 0.25) is 0 Å². The van der Waals surface area contributed by atoms with Gasteiger partial charge in [-0.05, 0) is 18.8 Å². The fourth-order valence-electron chi connectivity index (χ4n) is 3.46. The van der Waals surface area contributed by atoms with Gasteiger partial charge in [0, 0.05) is 6.42 Å². The van der Waals surface area contributed by atoms with Crippen molar-refractivity contribution in [2.24, 2.45) is 11.8 Å². The van der Waals surface area contributed by atoms with E-state index in [0.29, 0.717) is 12.8 Å². The number of ether oxygens (including phenoxy) is 2. The molecule has 0 aromatic rings. The Morgan fingerprint density at radius 1 is 1.19 bits per heavy atom. The molecule has 0 radical (unpaired) electrons. The van der Waals surface area contributed by atoms with Crippen molar-refractivity contribution in [2.75, 3.05) is 0 Å². The van der Waals surface area contributed by atoms with Crippen LogP contribution >= 0.6 is 0 Å². The van der Waals surface area contributed by atoms with E-state index in [1.165, 1.54) is 12.8 Å². The molecule has 6 nitrogen and oxygen atoms in total. The first kappa shape index (κ1) is 23.4. The lowest BCUT2D eigenvalue weighted by Crippen LogP contribution is -2.48. The lowest BCUT2D eigenvalue weighted by Gasteiger charge is -2.37. The number of carbonyl (C=O) groups is 3. The lowest BCUT2D eigenvalue weighted by atomic mass is 9.86. The number of hydrogen-bond acceptors (Lipinski definition) is 5. The summed E-state index contributed by atoms with van der Waals surface area (Å²) in [5.41, 5.74) is 0. The van der Waals surface area contributed by atoms with Crippen molar-refractivity contribution < 1.29 is 23.9 Å². The number of hydrogen-bond donors (Lipinski definition) is 1. The molecular formula is C21H37NO5. The predicted molar refractivity (Wildman–Crippen MR) is 104 cm³/mol. The largest absolute Gasteiger partial charge is 0.461 e. The Hall–Kier alpha value is -1.59. The van der Waals surface area contributed by atoms with E-state index in [9.17, 15) is 14.4 Å². The maximum atomic E-state index is 12.5. The molecule has 1 aliphatic rings. The van der Waals surface area contributed by atoms with Crippen molar-refractivity contribution in [3.05, 3.63) is 0 Å². The second-order valence-electron chi connectivity index (χ2n) is 7.87. The summed E-state index contributed by atoms with van der Waals surface area (Å²) in [6.45, 7) is 7.98. The molecule has 1 heterocycles. The molecule has 0 aromatic carbocycles. The van der Waals surface area contributed by atoms with Crippen LogP contribution in [0.5, 0.6) is 0 Å². The van der Waals surface area contributed by atoms with Crippen LogP contribution in [0, 0.1) is 11.8 Å². The predicted octanol–water partition coefficient (Wildman–Crippen LogP) is 3.76. The number of carbonyl (C=O) groups excluding carboxylic acids is 3. The van der Waals surface area contributed by atoms with Gasteiger partial charge in [-0.2, -0.15) is 0 Å². The van der Waals surface area contributed by atoms with Gasteiger partial charge in [-0.15, -0.1) is 0 Å². The molecule has 1 fully saturated rings. The van der Waals surface area contributed by atoms with E-state index < -0.39 is 12.0 Å². The highest BCUT2D eigenvalue weighted by Gasteiger charge is 2.43. The Bertz CT molecular complexity index is 465. The first-order chi connectivity index (χ1) is 12.9. The van der Waals surface area contributed by atoms with Gasteiger partial charge in [0.05, 0.1) is 5.92 Å². The van der Waals surface area contributed by atoms with Crippen LogP contribution in [0.3, 0.4) is 0 Å². The van der Waals surface area contributed by atoms with Crippen molar-refractivity contribution >= 4 is 18.3 Å². The molecule has 4 atom stereocenters. The van der Waals surface area contributed by atoms with Gasteiger partial charge in [0.25, 0.3) is 0 Å². The molecule has 0 saturated carbocycles. The smallest absolute Gasteiger partial charge is 0.329 e. The van der Waals surface area contributed by atoms with Gasteiger partial charge in [-0.3, -0.25) is 9.59 Å². The molecule has 0 aromatic heterocycles.